The average molecular weight is 323 g/mol. The van der Waals surface area contributed by atoms with Crippen molar-refractivity contribution in [1.29, 1.82) is 0 Å². The zero-order valence-electron chi connectivity index (χ0n) is 14.6. The molecule has 124 valence electrons. The minimum absolute atomic E-state index is 0.524. The van der Waals surface area contributed by atoms with Crippen molar-refractivity contribution in [1.82, 2.24) is 15.2 Å². The predicted molar refractivity (Wildman–Crippen MR) is 95.8 cm³/mol. The summed E-state index contributed by atoms with van der Waals surface area (Å²) in [5.74, 6) is 3.05. The molecule has 0 amide bonds. The van der Waals surface area contributed by atoms with E-state index in [1.165, 1.54) is 17.1 Å². The minimum Gasteiger partial charge on any atom is -0.356 e. The third-order valence-electron chi connectivity index (χ3n) is 4.11. The van der Waals surface area contributed by atoms with Crippen molar-refractivity contribution in [2.75, 3.05) is 26.7 Å². The van der Waals surface area contributed by atoms with E-state index in [0.29, 0.717) is 5.92 Å². The van der Waals surface area contributed by atoms with E-state index < -0.39 is 0 Å². The molecule has 1 aromatic rings. The van der Waals surface area contributed by atoms with Crippen molar-refractivity contribution < 1.29 is 0 Å². The molecule has 2 rings (SSSR count). The molecule has 0 aromatic carbocycles. The zero-order chi connectivity index (χ0) is 16.1. The van der Waals surface area contributed by atoms with Crippen molar-refractivity contribution in [3.63, 3.8) is 0 Å². The van der Waals surface area contributed by atoms with Crippen molar-refractivity contribution >= 4 is 17.3 Å². The van der Waals surface area contributed by atoms with Crippen LogP contribution >= 0.6 is 11.3 Å². The molecule has 0 spiro atoms. The Morgan fingerprint density at radius 3 is 2.64 bits per heavy atom. The molecule has 1 fully saturated rings. The Morgan fingerprint density at radius 2 is 2.09 bits per heavy atom. The fraction of sp³-hybridized carbons (Fsp3) is 0.765. The lowest BCUT2D eigenvalue weighted by Gasteiger charge is -2.37. The van der Waals surface area contributed by atoms with Crippen LogP contribution in [-0.2, 0) is 6.42 Å². The smallest absolute Gasteiger partial charge is 0.193 e. The van der Waals surface area contributed by atoms with Crippen molar-refractivity contribution in [2.24, 2.45) is 16.8 Å². The Kier molecular flexibility index (Phi) is 6.24. The van der Waals surface area contributed by atoms with Gasteiger partial charge in [0.15, 0.2) is 5.96 Å². The number of aromatic nitrogens is 1. The van der Waals surface area contributed by atoms with Gasteiger partial charge < -0.3 is 10.2 Å². The van der Waals surface area contributed by atoms with Gasteiger partial charge in [0.05, 0.1) is 10.7 Å². The Morgan fingerprint density at radius 1 is 1.41 bits per heavy atom. The fourth-order valence-corrected chi connectivity index (χ4v) is 4.04. The highest BCUT2D eigenvalue weighted by Gasteiger charge is 2.23. The highest BCUT2D eigenvalue weighted by molar-refractivity contribution is 7.09. The molecule has 0 bridgehead atoms. The lowest BCUT2D eigenvalue weighted by molar-refractivity contribution is 0.208. The van der Waals surface area contributed by atoms with E-state index in [2.05, 4.69) is 48.3 Å². The number of thiazole rings is 1. The Hall–Kier alpha value is -1.10. The number of aliphatic imine (C=N–C) groups is 1. The molecule has 1 aromatic heterocycles. The van der Waals surface area contributed by atoms with Gasteiger partial charge in [-0.1, -0.05) is 27.7 Å². The number of nitrogens with one attached hydrogen (secondary N) is 1. The van der Waals surface area contributed by atoms with Gasteiger partial charge in [-0.15, -0.1) is 11.3 Å². The molecule has 1 saturated heterocycles. The first-order chi connectivity index (χ1) is 10.5. The van der Waals surface area contributed by atoms with E-state index in [1.807, 2.05) is 7.05 Å². The summed E-state index contributed by atoms with van der Waals surface area (Å²) >= 11 is 1.77. The van der Waals surface area contributed by atoms with E-state index in [9.17, 15) is 0 Å². The molecule has 1 aliphatic heterocycles. The van der Waals surface area contributed by atoms with Crippen LogP contribution in [0.1, 0.15) is 50.7 Å². The lowest BCUT2D eigenvalue weighted by Crippen LogP contribution is -2.48. The Balaban J connectivity index is 1.83. The molecule has 2 heterocycles. The number of likely N-dealkylation sites (tertiary alicyclic amines) is 1. The molecule has 22 heavy (non-hydrogen) atoms. The molecule has 1 N–H and O–H groups in total. The molecule has 0 radical (unpaired) electrons. The van der Waals surface area contributed by atoms with Gasteiger partial charge >= 0.3 is 0 Å². The molecule has 1 aliphatic rings. The van der Waals surface area contributed by atoms with Crippen molar-refractivity contribution in [2.45, 2.75) is 46.5 Å². The second-order valence-corrected chi connectivity index (χ2v) is 7.80. The number of piperidine rings is 1. The number of rotatable bonds is 4. The van der Waals surface area contributed by atoms with Crippen LogP contribution in [0.3, 0.4) is 0 Å². The molecule has 0 saturated carbocycles. The van der Waals surface area contributed by atoms with Crippen LogP contribution in [0, 0.1) is 11.8 Å². The second kappa shape index (κ2) is 7.95. The van der Waals surface area contributed by atoms with Crippen LogP contribution < -0.4 is 5.32 Å². The highest BCUT2D eigenvalue weighted by Crippen LogP contribution is 2.21. The van der Waals surface area contributed by atoms with E-state index in [-0.39, 0.29) is 0 Å². The van der Waals surface area contributed by atoms with E-state index in [0.717, 1.165) is 43.9 Å². The molecule has 5 heteroatoms. The van der Waals surface area contributed by atoms with Crippen molar-refractivity contribution in [3.05, 3.63) is 16.1 Å². The molecular formula is C17H30N4S. The summed E-state index contributed by atoms with van der Waals surface area (Å²) in [7, 11) is 1.88. The maximum Gasteiger partial charge on any atom is 0.193 e. The van der Waals surface area contributed by atoms with E-state index in [4.69, 9.17) is 4.98 Å². The number of hydrogen-bond acceptors (Lipinski definition) is 3. The first-order valence-corrected chi connectivity index (χ1v) is 9.27. The molecule has 2 unspecified atom stereocenters. The van der Waals surface area contributed by atoms with Crippen LogP contribution in [0.2, 0.25) is 0 Å². The second-order valence-electron chi connectivity index (χ2n) is 6.91. The predicted octanol–water partition coefficient (Wildman–Crippen LogP) is 3.36. The van der Waals surface area contributed by atoms with Gasteiger partial charge in [-0.3, -0.25) is 4.99 Å². The minimum atomic E-state index is 0.524. The van der Waals surface area contributed by atoms with Crippen LogP contribution in [0.15, 0.2) is 10.4 Å². The van der Waals surface area contributed by atoms with Crippen LogP contribution in [0.4, 0.5) is 0 Å². The summed E-state index contributed by atoms with van der Waals surface area (Å²) in [6, 6.07) is 0. The molecule has 2 atom stereocenters. The number of guanidine groups is 1. The average Bonchev–Trinajstić information content (AvgIpc) is 2.91. The van der Waals surface area contributed by atoms with Crippen LogP contribution in [0.25, 0.3) is 0 Å². The zero-order valence-corrected chi connectivity index (χ0v) is 15.4. The van der Waals surface area contributed by atoms with Gasteiger partial charge in [-0.05, 0) is 18.3 Å². The number of nitrogens with zero attached hydrogens (tertiary/aromatic N) is 3. The standard InChI is InChI=1S/C17H30N4S/c1-12(2)16-20-15(11-22-16)6-7-19-17(18-5)21-9-13(3)8-14(4)10-21/h11-14H,6-10H2,1-5H3,(H,18,19). The van der Waals surface area contributed by atoms with Crippen LogP contribution in [-0.4, -0.2) is 42.5 Å². The van der Waals surface area contributed by atoms with Crippen molar-refractivity contribution in [3.8, 4) is 0 Å². The SMILES string of the molecule is CN=C(NCCc1csc(C(C)C)n1)N1CC(C)CC(C)C1. The summed E-state index contributed by atoms with van der Waals surface area (Å²) in [5, 5.41) is 6.93. The maximum absolute atomic E-state index is 4.69. The summed E-state index contributed by atoms with van der Waals surface area (Å²) < 4.78 is 0. The highest BCUT2D eigenvalue weighted by atomic mass is 32.1. The van der Waals surface area contributed by atoms with Crippen LogP contribution in [0.5, 0.6) is 0 Å². The summed E-state index contributed by atoms with van der Waals surface area (Å²) in [5.41, 5.74) is 1.19. The van der Waals surface area contributed by atoms with Gasteiger partial charge in [0, 0.05) is 44.4 Å². The maximum atomic E-state index is 4.69. The van der Waals surface area contributed by atoms with Gasteiger partial charge in [-0.25, -0.2) is 4.98 Å². The third-order valence-corrected chi connectivity index (χ3v) is 5.30. The summed E-state index contributed by atoms with van der Waals surface area (Å²) in [4.78, 5) is 11.6. The topological polar surface area (TPSA) is 40.5 Å². The molecule has 0 aliphatic carbocycles. The lowest BCUT2D eigenvalue weighted by atomic mass is 9.92. The van der Waals surface area contributed by atoms with Gasteiger partial charge in [0.25, 0.3) is 0 Å². The van der Waals surface area contributed by atoms with E-state index >= 15 is 0 Å². The fourth-order valence-electron chi connectivity index (χ4n) is 3.17. The van der Waals surface area contributed by atoms with Gasteiger partial charge in [0.1, 0.15) is 0 Å². The first-order valence-electron chi connectivity index (χ1n) is 8.39. The Labute approximate surface area is 139 Å². The van der Waals surface area contributed by atoms with Gasteiger partial charge in [-0.2, -0.15) is 0 Å². The normalized spacial score (nSPS) is 23.2. The number of hydrogen-bond donors (Lipinski definition) is 1. The Bertz CT molecular complexity index is 485. The third kappa shape index (κ3) is 4.70. The summed E-state index contributed by atoms with van der Waals surface area (Å²) in [6.45, 7) is 12.2. The summed E-state index contributed by atoms with van der Waals surface area (Å²) in [6.07, 6.45) is 2.28. The largest absolute Gasteiger partial charge is 0.356 e. The van der Waals surface area contributed by atoms with E-state index in [1.54, 1.807) is 11.3 Å². The quantitative estimate of drug-likeness (QED) is 0.682. The first kappa shape index (κ1) is 17.3. The molecular weight excluding hydrogens is 292 g/mol. The van der Waals surface area contributed by atoms with Gasteiger partial charge in [0.2, 0.25) is 0 Å². The monoisotopic (exact) mass is 322 g/mol. The molecule has 4 nitrogen and oxygen atoms in total.